The van der Waals surface area contributed by atoms with Crippen LogP contribution in [0, 0.1) is 6.92 Å². The Kier molecular flexibility index (Phi) is 8.09. The summed E-state index contributed by atoms with van der Waals surface area (Å²) >= 11 is 0. The number of aryl methyl sites for hydroxylation is 1. The number of nitrogens with one attached hydrogen (secondary N) is 1. The summed E-state index contributed by atoms with van der Waals surface area (Å²) in [5, 5.41) is 0. The van der Waals surface area contributed by atoms with E-state index in [1.165, 1.54) is 6.07 Å². The van der Waals surface area contributed by atoms with Crippen LogP contribution in [0.3, 0.4) is 0 Å². The predicted octanol–water partition coefficient (Wildman–Crippen LogP) is 3.69. The number of sulfonamides is 1. The molecule has 1 aliphatic heterocycles. The van der Waals surface area contributed by atoms with Crippen LogP contribution >= 0.6 is 0 Å². The van der Waals surface area contributed by atoms with Gasteiger partial charge in [-0.05, 0) is 62.4 Å². The first-order valence-corrected chi connectivity index (χ1v) is 12.5. The van der Waals surface area contributed by atoms with E-state index in [0.29, 0.717) is 31.9 Å². The van der Waals surface area contributed by atoms with E-state index < -0.39 is 16.1 Å². The average molecular weight is 445 g/mol. The molecule has 1 aliphatic rings. The SMILES string of the molecule is CCOc1ccc(S(=O)(=O)NC(Cc2ccccc2)C(=O)N2CCCCCC2)cc1C. The molecule has 0 aromatic heterocycles. The quantitative estimate of drug-likeness (QED) is 0.674. The molecule has 0 aliphatic carbocycles. The van der Waals surface area contributed by atoms with Gasteiger partial charge in [-0.1, -0.05) is 43.2 Å². The van der Waals surface area contributed by atoms with Gasteiger partial charge in [-0.25, -0.2) is 8.42 Å². The highest BCUT2D eigenvalue weighted by Crippen LogP contribution is 2.22. The van der Waals surface area contributed by atoms with E-state index in [1.54, 1.807) is 12.1 Å². The number of hydrogen-bond acceptors (Lipinski definition) is 4. The van der Waals surface area contributed by atoms with Crippen molar-refractivity contribution in [3.8, 4) is 5.75 Å². The smallest absolute Gasteiger partial charge is 0.241 e. The van der Waals surface area contributed by atoms with Gasteiger partial charge in [0.1, 0.15) is 11.8 Å². The zero-order chi connectivity index (χ0) is 22.3. The number of hydrogen-bond donors (Lipinski definition) is 1. The highest BCUT2D eigenvalue weighted by Gasteiger charge is 2.30. The number of benzene rings is 2. The number of carbonyl (C=O) groups is 1. The molecule has 2 aromatic rings. The van der Waals surface area contributed by atoms with Crippen LogP contribution in [0.15, 0.2) is 53.4 Å². The van der Waals surface area contributed by atoms with Crippen molar-refractivity contribution >= 4 is 15.9 Å². The molecule has 1 atom stereocenters. The molecule has 0 radical (unpaired) electrons. The Morgan fingerprint density at radius 1 is 1.06 bits per heavy atom. The normalized spacial score (nSPS) is 15.9. The van der Waals surface area contributed by atoms with Gasteiger partial charge < -0.3 is 9.64 Å². The minimum Gasteiger partial charge on any atom is -0.494 e. The fraction of sp³-hybridized carbons (Fsp3) is 0.458. The van der Waals surface area contributed by atoms with Gasteiger partial charge in [0, 0.05) is 13.1 Å². The van der Waals surface area contributed by atoms with Crippen molar-refractivity contribution in [3.63, 3.8) is 0 Å². The highest BCUT2D eigenvalue weighted by atomic mass is 32.2. The molecule has 0 bridgehead atoms. The summed E-state index contributed by atoms with van der Waals surface area (Å²) in [5.41, 5.74) is 1.66. The molecule has 7 heteroatoms. The summed E-state index contributed by atoms with van der Waals surface area (Å²) in [5.74, 6) is 0.500. The Balaban J connectivity index is 1.85. The Morgan fingerprint density at radius 2 is 1.74 bits per heavy atom. The van der Waals surface area contributed by atoms with Crippen molar-refractivity contribution in [2.75, 3.05) is 19.7 Å². The lowest BCUT2D eigenvalue weighted by Gasteiger charge is -2.27. The summed E-state index contributed by atoms with van der Waals surface area (Å²) in [6.45, 7) is 5.55. The Morgan fingerprint density at radius 3 is 2.35 bits per heavy atom. The summed E-state index contributed by atoms with van der Waals surface area (Å²) in [6.07, 6.45) is 4.42. The number of nitrogens with zero attached hydrogens (tertiary/aromatic N) is 1. The van der Waals surface area contributed by atoms with Gasteiger partial charge in [0.2, 0.25) is 15.9 Å². The molecule has 0 saturated carbocycles. The highest BCUT2D eigenvalue weighted by molar-refractivity contribution is 7.89. The molecule has 0 spiro atoms. The molecule has 1 fully saturated rings. The monoisotopic (exact) mass is 444 g/mol. The third-order valence-electron chi connectivity index (χ3n) is 5.55. The lowest BCUT2D eigenvalue weighted by Crippen LogP contribution is -2.49. The molecule has 31 heavy (non-hydrogen) atoms. The summed E-state index contributed by atoms with van der Waals surface area (Å²) in [4.78, 5) is 15.3. The van der Waals surface area contributed by atoms with E-state index in [9.17, 15) is 13.2 Å². The molecular weight excluding hydrogens is 412 g/mol. The number of carbonyl (C=O) groups excluding carboxylic acids is 1. The molecule has 6 nitrogen and oxygen atoms in total. The third kappa shape index (κ3) is 6.31. The van der Waals surface area contributed by atoms with Crippen molar-refractivity contribution in [3.05, 3.63) is 59.7 Å². The van der Waals surface area contributed by atoms with Gasteiger partial charge in [-0.3, -0.25) is 4.79 Å². The first-order valence-electron chi connectivity index (χ1n) is 11.0. The van der Waals surface area contributed by atoms with Crippen LogP contribution in [0.25, 0.3) is 0 Å². The lowest BCUT2D eigenvalue weighted by molar-refractivity contribution is -0.132. The first-order chi connectivity index (χ1) is 14.9. The van der Waals surface area contributed by atoms with E-state index in [1.807, 2.05) is 49.1 Å². The van der Waals surface area contributed by atoms with Crippen LogP contribution in [-0.4, -0.2) is 45.0 Å². The molecule has 1 N–H and O–H groups in total. The lowest BCUT2D eigenvalue weighted by atomic mass is 10.1. The summed E-state index contributed by atoms with van der Waals surface area (Å²) in [6, 6.07) is 13.5. The molecular formula is C24H32N2O4S. The van der Waals surface area contributed by atoms with Crippen molar-refractivity contribution in [2.45, 2.75) is 56.9 Å². The van der Waals surface area contributed by atoms with Crippen LogP contribution in [0.5, 0.6) is 5.75 Å². The topological polar surface area (TPSA) is 75.7 Å². The first kappa shape index (κ1) is 23.3. The van der Waals surface area contributed by atoms with E-state index >= 15 is 0 Å². The molecule has 1 heterocycles. The van der Waals surface area contributed by atoms with Crippen molar-refractivity contribution in [1.29, 1.82) is 0 Å². The second-order valence-corrected chi connectivity index (χ2v) is 9.68. The Hall–Kier alpha value is -2.38. The third-order valence-corrected chi connectivity index (χ3v) is 7.02. The maximum atomic E-state index is 13.3. The van der Waals surface area contributed by atoms with Gasteiger partial charge >= 0.3 is 0 Å². The van der Waals surface area contributed by atoms with E-state index in [0.717, 1.165) is 36.8 Å². The summed E-state index contributed by atoms with van der Waals surface area (Å²) < 4.78 is 34.6. The van der Waals surface area contributed by atoms with E-state index in [-0.39, 0.29) is 10.8 Å². The van der Waals surface area contributed by atoms with Crippen molar-refractivity contribution < 1.29 is 17.9 Å². The number of ether oxygens (including phenoxy) is 1. The van der Waals surface area contributed by atoms with Crippen LogP contribution in [0.2, 0.25) is 0 Å². The number of rotatable bonds is 8. The van der Waals surface area contributed by atoms with Crippen LogP contribution in [0.1, 0.15) is 43.7 Å². The van der Waals surface area contributed by atoms with Gasteiger partial charge in [0.25, 0.3) is 0 Å². The van der Waals surface area contributed by atoms with Crippen LogP contribution in [0.4, 0.5) is 0 Å². The van der Waals surface area contributed by atoms with Crippen LogP contribution in [-0.2, 0) is 21.2 Å². The predicted molar refractivity (Wildman–Crippen MR) is 122 cm³/mol. The number of likely N-dealkylation sites (tertiary alicyclic amines) is 1. The van der Waals surface area contributed by atoms with Gasteiger partial charge in [0.05, 0.1) is 11.5 Å². The minimum absolute atomic E-state index is 0.134. The zero-order valence-electron chi connectivity index (χ0n) is 18.3. The fourth-order valence-corrected chi connectivity index (χ4v) is 5.18. The maximum absolute atomic E-state index is 13.3. The molecule has 1 saturated heterocycles. The molecule has 1 amide bonds. The summed E-state index contributed by atoms with van der Waals surface area (Å²) in [7, 11) is -3.88. The average Bonchev–Trinajstić information content (AvgIpc) is 3.04. The van der Waals surface area contributed by atoms with Gasteiger partial charge in [-0.2, -0.15) is 4.72 Å². The second-order valence-electron chi connectivity index (χ2n) is 7.96. The van der Waals surface area contributed by atoms with Crippen LogP contribution < -0.4 is 9.46 Å². The minimum atomic E-state index is -3.88. The Labute approximate surface area is 185 Å². The fourth-order valence-electron chi connectivity index (χ4n) is 3.90. The zero-order valence-corrected chi connectivity index (χ0v) is 19.2. The standard InChI is InChI=1S/C24H32N2O4S/c1-3-30-23-14-13-21(17-19(23)2)31(28,29)25-22(18-20-11-7-6-8-12-20)24(27)26-15-9-4-5-10-16-26/h6-8,11-14,17,22,25H,3-5,9-10,15-16,18H2,1-2H3. The maximum Gasteiger partial charge on any atom is 0.241 e. The molecule has 1 unspecified atom stereocenters. The van der Waals surface area contributed by atoms with Crippen molar-refractivity contribution in [2.24, 2.45) is 0 Å². The van der Waals surface area contributed by atoms with E-state index in [4.69, 9.17) is 4.74 Å². The molecule has 3 rings (SSSR count). The second kappa shape index (κ2) is 10.8. The number of amides is 1. The Bertz CT molecular complexity index is 968. The van der Waals surface area contributed by atoms with E-state index in [2.05, 4.69) is 4.72 Å². The molecule has 168 valence electrons. The molecule has 2 aromatic carbocycles. The van der Waals surface area contributed by atoms with Gasteiger partial charge in [0.15, 0.2) is 0 Å². The van der Waals surface area contributed by atoms with Crippen molar-refractivity contribution in [1.82, 2.24) is 9.62 Å². The van der Waals surface area contributed by atoms with Gasteiger partial charge in [-0.15, -0.1) is 0 Å². The largest absolute Gasteiger partial charge is 0.494 e.